The Hall–Kier alpha value is -3.33. The zero-order valence-electron chi connectivity index (χ0n) is 17.8. The van der Waals surface area contributed by atoms with E-state index in [0.29, 0.717) is 24.4 Å². The van der Waals surface area contributed by atoms with Crippen LogP contribution >= 0.6 is 11.3 Å². The summed E-state index contributed by atoms with van der Waals surface area (Å²) in [5, 5.41) is 6.64. The summed E-state index contributed by atoms with van der Waals surface area (Å²) in [6, 6.07) is 10.7. The maximum atomic E-state index is 15.2. The van der Waals surface area contributed by atoms with E-state index >= 15 is 4.39 Å². The van der Waals surface area contributed by atoms with Gasteiger partial charge in [-0.15, -0.1) is 11.3 Å². The molecule has 4 aromatic rings. The molecule has 0 spiro atoms. The third kappa shape index (κ3) is 3.76. The van der Waals surface area contributed by atoms with Gasteiger partial charge >= 0.3 is 5.69 Å². The van der Waals surface area contributed by atoms with Crippen molar-refractivity contribution >= 4 is 27.5 Å². The second-order valence-corrected chi connectivity index (χ2v) is 9.79. The molecule has 33 heavy (non-hydrogen) atoms. The van der Waals surface area contributed by atoms with Crippen LogP contribution in [0.2, 0.25) is 0 Å². The summed E-state index contributed by atoms with van der Waals surface area (Å²) >= 11 is 1.56. The van der Waals surface area contributed by atoms with E-state index in [1.807, 2.05) is 23.1 Å². The largest absolute Gasteiger partial charge is 0.348 e. The van der Waals surface area contributed by atoms with Crippen LogP contribution in [0.4, 0.5) is 4.39 Å². The van der Waals surface area contributed by atoms with Gasteiger partial charge in [-0.1, -0.05) is 12.1 Å². The number of aromatic nitrogens is 4. The minimum absolute atomic E-state index is 0.172. The quantitative estimate of drug-likeness (QED) is 0.488. The number of hydrogen-bond acceptors (Lipinski definition) is 5. The van der Waals surface area contributed by atoms with E-state index in [1.54, 1.807) is 29.0 Å². The Balaban J connectivity index is 1.26. The lowest BCUT2D eigenvalue weighted by molar-refractivity contribution is -0.131. The number of rotatable bonds is 5. The molecule has 3 heterocycles. The normalized spacial score (nSPS) is 18.3. The van der Waals surface area contributed by atoms with Gasteiger partial charge in [0.2, 0.25) is 5.91 Å². The molecule has 1 N–H and O–H groups in total. The number of H-pyrrole nitrogens is 1. The van der Waals surface area contributed by atoms with Crippen LogP contribution in [0.15, 0.2) is 46.7 Å². The summed E-state index contributed by atoms with van der Waals surface area (Å²) in [7, 11) is 0. The highest BCUT2D eigenvalue weighted by molar-refractivity contribution is 7.16. The van der Waals surface area contributed by atoms with Gasteiger partial charge in [0.25, 0.3) is 0 Å². The molecule has 2 aliphatic rings. The van der Waals surface area contributed by atoms with Gasteiger partial charge < -0.3 is 4.90 Å². The third-order valence-electron chi connectivity index (χ3n) is 6.59. The summed E-state index contributed by atoms with van der Waals surface area (Å²) in [4.78, 5) is 31.1. The highest BCUT2D eigenvalue weighted by atomic mass is 32.1. The first-order valence-electron chi connectivity index (χ1n) is 11.2. The molecule has 7 nitrogen and oxygen atoms in total. The number of aromatic amines is 1. The van der Waals surface area contributed by atoms with Crippen LogP contribution in [0.3, 0.4) is 0 Å². The van der Waals surface area contributed by atoms with Gasteiger partial charge in [-0.05, 0) is 60.6 Å². The van der Waals surface area contributed by atoms with Gasteiger partial charge in [0, 0.05) is 25.4 Å². The first-order valence-corrected chi connectivity index (χ1v) is 12.0. The molecule has 1 aliphatic heterocycles. The van der Waals surface area contributed by atoms with E-state index in [4.69, 9.17) is 0 Å². The lowest BCUT2D eigenvalue weighted by Crippen LogP contribution is -2.30. The van der Waals surface area contributed by atoms with Crippen LogP contribution in [0.1, 0.15) is 25.1 Å². The Morgan fingerprint density at radius 3 is 2.79 bits per heavy atom. The first kappa shape index (κ1) is 20.3. The molecule has 1 atom stereocenters. The molecule has 0 unspecified atom stereocenters. The van der Waals surface area contributed by atoms with Crippen molar-refractivity contribution in [3.05, 3.63) is 64.0 Å². The first-order chi connectivity index (χ1) is 16.1. The van der Waals surface area contributed by atoms with Crippen LogP contribution < -0.4 is 5.69 Å². The predicted molar refractivity (Wildman–Crippen MR) is 124 cm³/mol. The molecule has 1 saturated heterocycles. The fraction of sp³-hybridized carbons (Fsp3) is 0.333. The molecule has 0 radical (unpaired) electrons. The Kier molecular flexibility index (Phi) is 4.86. The van der Waals surface area contributed by atoms with Crippen molar-refractivity contribution in [1.29, 1.82) is 0 Å². The Morgan fingerprint density at radius 2 is 1.97 bits per heavy atom. The van der Waals surface area contributed by atoms with Crippen molar-refractivity contribution in [3.8, 4) is 16.8 Å². The van der Waals surface area contributed by atoms with Crippen LogP contribution in [-0.2, 0) is 11.2 Å². The SMILES string of the molecule is O=C(C1CC1)N1CC[C@@H](Cc2n[nH]c(=O)n2-c2ccc(-c3ccc4scnc4c3)cc2F)C1. The van der Waals surface area contributed by atoms with E-state index in [9.17, 15) is 9.59 Å². The molecule has 2 aromatic heterocycles. The number of nitrogens with zero attached hydrogens (tertiary/aromatic N) is 4. The van der Waals surface area contributed by atoms with Crippen LogP contribution in [-0.4, -0.2) is 43.6 Å². The molecule has 2 aromatic carbocycles. The number of amides is 1. The van der Waals surface area contributed by atoms with Crippen molar-refractivity contribution in [2.45, 2.75) is 25.7 Å². The third-order valence-corrected chi connectivity index (χ3v) is 7.40. The molecule has 9 heteroatoms. The van der Waals surface area contributed by atoms with Crippen LogP contribution in [0, 0.1) is 17.7 Å². The zero-order valence-corrected chi connectivity index (χ0v) is 18.6. The number of hydrogen-bond donors (Lipinski definition) is 1. The monoisotopic (exact) mass is 463 g/mol. The van der Waals surface area contributed by atoms with Crippen LogP contribution in [0.5, 0.6) is 0 Å². The number of nitrogens with one attached hydrogen (secondary N) is 1. The lowest BCUT2D eigenvalue weighted by Gasteiger charge is -2.16. The number of fused-ring (bicyclic) bond motifs is 1. The topological polar surface area (TPSA) is 83.9 Å². The fourth-order valence-corrected chi connectivity index (χ4v) is 5.33. The maximum Gasteiger partial charge on any atom is 0.348 e. The standard InChI is InChI=1S/C24H22FN5O2S/c25-18-10-16(17-4-6-21-19(11-17)26-13-33-21)3-5-20(18)30-22(27-28-24(30)32)9-14-7-8-29(12-14)23(31)15-1-2-15/h3-6,10-11,13-15H,1-2,7-9,12H2,(H,28,32)/t14-/m0/s1. The number of carbonyl (C=O) groups is 1. The van der Waals surface area contributed by atoms with E-state index in [0.717, 1.165) is 41.6 Å². The Morgan fingerprint density at radius 1 is 1.15 bits per heavy atom. The minimum Gasteiger partial charge on any atom is -0.342 e. The van der Waals surface area contributed by atoms with Crippen molar-refractivity contribution < 1.29 is 9.18 Å². The molecule has 1 aliphatic carbocycles. The Bertz CT molecular complexity index is 1420. The molecule has 2 fully saturated rings. The van der Waals surface area contributed by atoms with E-state index in [1.165, 1.54) is 10.6 Å². The number of halogens is 1. The van der Waals surface area contributed by atoms with Gasteiger partial charge in [-0.2, -0.15) is 5.10 Å². The summed E-state index contributed by atoms with van der Waals surface area (Å²) < 4.78 is 17.6. The summed E-state index contributed by atoms with van der Waals surface area (Å²) in [5.74, 6) is 0.646. The van der Waals surface area contributed by atoms with E-state index in [2.05, 4.69) is 15.2 Å². The van der Waals surface area contributed by atoms with Crippen molar-refractivity contribution in [1.82, 2.24) is 24.6 Å². The molecule has 1 amide bonds. The van der Waals surface area contributed by atoms with Gasteiger partial charge in [-0.25, -0.2) is 23.8 Å². The molecule has 0 bridgehead atoms. The highest BCUT2D eigenvalue weighted by Crippen LogP contribution is 2.33. The van der Waals surface area contributed by atoms with Crippen LogP contribution in [0.25, 0.3) is 27.0 Å². The highest BCUT2D eigenvalue weighted by Gasteiger charge is 2.37. The van der Waals surface area contributed by atoms with Crippen molar-refractivity contribution in [3.63, 3.8) is 0 Å². The lowest BCUT2D eigenvalue weighted by atomic mass is 10.0. The average Bonchev–Trinajstić information content (AvgIpc) is 3.21. The summed E-state index contributed by atoms with van der Waals surface area (Å²) in [6.07, 6.45) is 3.35. The zero-order chi connectivity index (χ0) is 22.5. The maximum absolute atomic E-state index is 15.2. The second-order valence-electron chi connectivity index (χ2n) is 8.90. The number of likely N-dealkylation sites (tertiary alicyclic amines) is 1. The molecule has 6 rings (SSSR count). The van der Waals surface area contributed by atoms with Crippen molar-refractivity contribution in [2.75, 3.05) is 13.1 Å². The fourth-order valence-electron chi connectivity index (χ4n) is 4.67. The number of thiazole rings is 1. The number of benzene rings is 2. The molecule has 168 valence electrons. The van der Waals surface area contributed by atoms with E-state index in [-0.39, 0.29) is 23.4 Å². The summed E-state index contributed by atoms with van der Waals surface area (Å²) in [6.45, 7) is 1.40. The van der Waals surface area contributed by atoms with E-state index < -0.39 is 11.5 Å². The predicted octanol–water partition coefficient (Wildman–Crippen LogP) is 3.78. The van der Waals surface area contributed by atoms with Crippen molar-refractivity contribution in [2.24, 2.45) is 11.8 Å². The second kappa shape index (κ2) is 7.91. The molecule has 1 saturated carbocycles. The molecular weight excluding hydrogens is 441 g/mol. The Labute approximate surface area is 192 Å². The smallest absolute Gasteiger partial charge is 0.342 e. The number of carbonyl (C=O) groups excluding carboxylic acids is 1. The summed E-state index contributed by atoms with van der Waals surface area (Å²) in [5.41, 5.74) is 3.95. The van der Waals surface area contributed by atoms with Gasteiger partial charge in [-0.3, -0.25) is 4.79 Å². The van der Waals surface area contributed by atoms with Gasteiger partial charge in [0.1, 0.15) is 11.6 Å². The van der Waals surface area contributed by atoms with Gasteiger partial charge in [0.05, 0.1) is 21.4 Å². The average molecular weight is 464 g/mol. The minimum atomic E-state index is -0.493. The van der Waals surface area contributed by atoms with Gasteiger partial charge in [0.15, 0.2) is 0 Å². The molecular formula is C24H22FN5O2S.